The largest absolute Gasteiger partial charge is 0.420 e. The summed E-state index contributed by atoms with van der Waals surface area (Å²) in [4.78, 5) is 25.2. The van der Waals surface area contributed by atoms with Crippen LogP contribution in [0.4, 0.5) is 5.69 Å². The van der Waals surface area contributed by atoms with E-state index in [4.69, 9.17) is 24.6 Å². The highest BCUT2D eigenvalue weighted by Crippen LogP contribution is 2.41. The molecule has 1 aliphatic rings. The zero-order chi connectivity index (χ0) is 26.0. The predicted molar refractivity (Wildman–Crippen MR) is 116 cm³/mol. The van der Waals surface area contributed by atoms with Gasteiger partial charge in [-0.25, -0.2) is 9.97 Å². The summed E-state index contributed by atoms with van der Waals surface area (Å²) in [5.41, 5.74) is 0.791. The van der Waals surface area contributed by atoms with Gasteiger partial charge in [-0.2, -0.15) is 4.98 Å². The molecule has 5 rings (SSSR count). The number of carbonyl (C=O) groups is 1. The SMILES string of the molecule is [2H]C([2H])([2H])[C@@]1([2H])NC(=O)c2sc3ccc4nc(Oc5nc(Cl)ncc5CO)ccc4c3c2NC1([2H])[2H]. The van der Waals surface area contributed by atoms with Gasteiger partial charge in [-0.1, -0.05) is 0 Å². The van der Waals surface area contributed by atoms with Crippen LogP contribution in [0.2, 0.25) is 5.28 Å². The fraction of sp³-hybridized carbons (Fsp3) is 0.200. The van der Waals surface area contributed by atoms with Crippen molar-refractivity contribution in [3.8, 4) is 11.8 Å². The molecule has 3 N–H and O–H groups in total. The van der Waals surface area contributed by atoms with Crippen molar-refractivity contribution in [2.75, 3.05) is 11.8 Å². The minimum absolute atomic E-state index is 0.0258. The topological polar surface area (TPSA) is 109 Å². The molecule has 0 unspecified atom stereocenters. The van der Waals surface area contributed by atoms with Crippen LogP contribution in [0.5, 0.6) is 11.8 Å². The molecule has 1 aromatic carbocycles. The number of anilines is 1. The number of benzene rings is 1. The van der Waals surface area contributed by atoms with Crippen molar-refractivity contribution >= 4 is 55.5 Å². The van der Waals surface area contributed by atoms with E-state index >= 15 is 0 Å². The van der Waals surface area contributed by atoms with E-state index in [-0.39, 0.29) is 34.2 Å². The van der Waals surface area contributed by atoms with Crippen LogP contribution in [-0.4, -0.2) is 38.5 Å². The molecule has 8 nitrogen and oxygen atoms in total. The number of hydrogen-bond donors (Lipinski definition) is 3. The summed E-state index contributed by atoms with van der Waals surface area (Å²) in [6.45, 7) is -6.39. The first kappa shape index (κ1) is 13.3. The van der Waals surface area contributed by atoms with Gasteiger partial charge in [0.15, 0.2) is 0 Å². The Bertz CT molecular complexity index is 1550. The highest BCUT2D eigenvalue weighted by molar-refractivity contribution is 7.21. The molecule has 0 bridgehead atoms. The highest BCUT2D eigenvalue weighted by atomic mass is 35.5. The van der Waals surface area contributed by atoms with Crippen LogP contribution < -0.4 is 15.4 Å². The van der Waals surface area contributed by atoms with E-state index < -0.39 is 25.3 Å². The number of hydrogen-bond acceptors (Lipinski definition) is 8. The number of aliphatic hydroxyl groups is 1. The number of fused-ring (bicyclic) bond motifs is 5. The Balaban J connectivity index is 1.63. The van der Waals surface area contributed by atoms with Gasteiger partial charge < -0.3 is 20.5 Å². The molecule has 0 fully saturated rings. The molecule has 30 heavy (non-hydrogen) atoms. The minimum Gasteiger partial charge on any atom is -0.420 e. The molecular weight excluding hydrogens is 426 g/mol. The van der Waals surface area contributed by atoms with E-state index in [1.54, 1.807) is 18.2 Å². The van der Waals surface area contributed by atoms with Gasteiger partial charge in [-0.05, 0) is 36.7 Å². The number of aromatic nitrogens is 3. The molecule has 0 saturated carbocycles. The predicted octanol–water partition coefficient (Wildman–Crippen LogP) is 3.72. The van der Waals surface area contributed by atoms with Crippen molar-refractivity contribution < 1.29 is 22.9 Å². The first-order valence-corrected chi connectivity index (χ1v) is 9.81. The molecule has 0 aliphatic carbocycles. The Kier molecular flexibility index (Phi) is 3.26. The average Bonchev–Trinajstić information content (AvgIpc) is 3.13. The van der Waals surface area contributed by atoms with Crippen molar-refractivity contribution in [1.82, 2.24) is 20.3 Å². The van der Waals surface area contributed by atoms with E-state index in [1.807, 2.05) is 0 Å². The van der Waals surface area contributed by atoms with Gasteiger partial charge in [0.2, 0.25) is 17.0 Å². The van der Waals surface area contributed by atoms with Gasteiger partial charge in [0, 0.05) is 44.4 Å². The summed E-state index contributed by atoms with van der Waals surface area (Å²) >= 11 is 6.86. The molecule has 0 radical (unpaired) electrons. The van der Waals surface area contributed by atoms with Crippen molar-refractivity contribution in [2.24, 2.45) is 0 Å². The van der Waals surface area contributed by atoms with Gasteiger partial charge in [-0.15, -0.1) is 11.3 Å². The zero-order valence-electron chi connectivity index (χ0n) is 21.0. The minimum atomic E-state index is -3.16. The standard InChI is InChI=1S/C20H16ClN5O3S/c1-9-6-22-16-15-11-2-5-14(29-19-10(8-27)7-23-20(21)26-19)25-12(11)3-4-13(15)30-17(16)18(28)24-9/h2-5,7,9,22,27H,6,8H2,1H3,(H,24,28)/t9-/m1/s1/i1D3,6D2,9D. The van der Waals surface area contributed by atoms with Crippen molar-refractivity contribution in [1.29, 1.82) is 0 Å². The maximum Gasteiger partial charge on any atom is 0.263 e. The molecule has 1 aliphatic heterocycles. The van der Waals surface area contributed by atoms with Crippen LogP contribution in [0.15, 0.2) is 30.5 Å². The summed E-state index contributed by atoms with van der Waals surface area (Å²) in [6.07, 6.45) is 1.33. The Morgan fingerprint density at radius 1 is 1.43 bits per heavy atom. The van der Waals surface area contributed by atoms with Gasteiger partial charge in [0.05, 0.1) is 27.5 Å². The zero-order valence-corrected chi connectivity index (χ0v) is 16.6. The lowest BCUT2D eigenvalue weighted by atomic mass is 10.1. The van der Waals surface area contributed by atoms with Crippen LogP contribution in [-0.2, 0) is 6.61 Å². The molecule has 152 valence electrons. The van der Waals surface area contributed by atoms with Gasteiger partial charge in [-0.3, -0.25) is 4.79 Å². The molecule has 4 aromatic rings. The highest BCUT2D eigenvalue weighted by Gasteiger charge is 2.24. The summed E-state index contributed by atoms with van der Waals surface area (Å²) < 4.78 is 54.4. The third kappa shape index (κ3) is 3.20. The van der Waals surface area contributed by atoms with Gasteiger partial charge in [0.25, 0.3) is 5.91 Å². The third-order valence-corrected chi connectivity index (χ3v) is 5.76. The smallest absolute Gasteiger partial charge is 0.263 e. The van der Waals surface area contributed by atoms with Crippen molar-refractivity contribution in [2.45, 2.75) is 19.5 Å². The fourth-order valence-corrected chi connectivity index (χ4v) is 4.31. The maximum absolute atomic E-state index is 13.0. The lowest BCUT2D eigenvalue weighted by molar-refractivity contribution is 0.0949. The number of amides is 1. The number of pyridine rings is 1. The fourth-order valence-electron chi connectivity index (χ4n) is 3.11. The Morgan fingerprint density at radius 3 is 3.17 bits per heavy atom. The van der Waals surface area contributed by atoms with E-state index in [9.17, 15) is 9.90 Å². The van der Waals surface area contributed by atoms with E-state index in [0.717, 1.165) is 11.3 Å². The van der Waals surface area contributed by atoms with Crippen LogP contribution in [0, 0.1) is 0 Å². The Morgan fingerprint density at radius 2 is 2.33 bits per heavy atom. The average molecular weight is 448 g/mol. The lowest BCUT2D eigenvalue weighted by Crippen LogP contribution is -2.34. The third-order valence-electron chi connectivity index (χ3n) is 4.42. The summed E-state index contributed by atoms with van der Waals surface area (Å²) in [5, 5.41) is 15.0. The second-order valence-electron chi connectivity index (χ2n) is 6.27. The number of carbonyl (C=O) groups excluding carboxylic acids is 1. The molecule has 1 atom stereocenters. The molecule has 0 spiro atoms. The van der Waals surface area contributed by atoms with Crippen LogP contribution >= 0.6 is 22.9 Å². The number of ether oxygens (including phenoxy) is 1. The summed E-state index contributed by atoms with van der Waals surface area (Å²) in [7, 11) is 0. The lowest BCUT2D eigenvalue weighted by Gasteiger charge is -2.11. The van der Waals surface area contributed by atoms with Crippen molar-refractivity contribution in [3.63, 3.8) is 0 Å². The quantitative estimate of drug-likeness (QED) is 0.410. The monoisotopic (exact) mass is 447 g/mol. The van der Waals surface area contributed by atoms with E-state index in [0.29, 0.717) is 26.6 Å². The first-order chi connectivity index (χ1) is 16.8. The Labute approximate surface area is 188 Å². The summed E-state index contributed by atoms with van der Waals surface area (Å²) in [5.74, 6) is -0.719. The molecule has 1 amide bonds. The molecule has 10 heteroatoms. The number of thiophene rings is 1. The van der Waals surface area contributed by atoms with Crippen LogP contribution in [0.3, 0.4) is 0 Å². The van der Waals surface area contributed by atoms with Gasteiger partial charge in [0.1, 0.15) is 4.88 Å². The number of aliphatic hydroxyl groups excluding tert-OH is 1. The van der Waals surface area contributed by atoms with Crippen LogP contribution in [0.1, 0.15) is 30.3 Å². The Hall–Kier alpha value is -3.01. The summed E-state index contributed by atoms with van der Waals surface area (Å²) in [6, 6.07) is 3.60. The number of nitrogens with one attached hydrogen (secondary N) is 2. The van der Waals surface area contributed by atoms with Crippen molar-refractivity contribution in [3.05, 3.63) is 46.2 Å². The second kappa shape index (κ2) is 7.35. The normalized spacial score (nSPS) is 23.6. The number of rotatable bonds is 3. The number of nitrogens with zero attached hydrogens (tertiary/aromatic N) is 3. The number of halogens is 1. The van der Waals surface area contributed by atoms with E-state index in [1.165, 1.54) is 12.3 Å². The molecular formula is C20H16ClN5O3S. The van der Waals surface area contributed by atoms with E-state index in [2.05, 4.69) is 25.6 Å². The first-order valence-electron chi connectivity index (χ1n) is 11.6. The second-order valence-corrected chi connectivity index (χ2v) is 7.66. The molecule has 3 aromatic heterocycles. The molecule has 4 heterocycles. The van der Waals surface area contributed by atoms with Crippen LogP contribution in [0.25, 0.3) is 21.0 Å². The molecule has 0 saturated heterocycles. The van der Waals surface area contributed by atoms with Gasteiger partial charge >= 0.3 is 0 Å². The maximum atomic E-state index is 13.0.